The van der Waals surface area contributed by atoms with Crippen molar-refractivity contribution in [2.75, 3.05) is 0 Å². The fourth-order valence-electron chi connectivity index (χ4n) is 1.52. The van der Waals surface area contributed by atoms with Crippen molar-refractivity contribution in [3.8, 4) is 0 Å². The minimum atomic E-state index is 0.0624. The number of hydrogen-bond acceptors (Lipinski definition) is 4. The molecule has 0 aliphatic carbocycles. The van der Waals surface area contributed by atoms with Crippen LogP contribution in [0.5, 0.6) is 0 Å². The monoisotopic (exact) mass is 253 g/mol. The predicted molar refractivity (Wildman–Crippen MR) is 67.3 cm³/mol. The Hall–Kier alpha value is -0.940. The van der Waals surface area contributed by atoms with Gasteiger partial charge in [-0.1, -0.05) is 29.8 Å². The molecule has 0 saturated carbocycles. The number of nitrogens with zero attached hydrogens (tertiary/aromatic N) is 1. The first-order valence-corrected chi connectivity index (χ1v) is 6.15. The molecule has 0 amide bonds. The third-order valence-electron chi connectivity index (χ3n) is 2.38. The van der Waals surface area contributed by atoms with Crippen LogP contribution in [-0.4, -0.2) is 4.98 Å². The van der Waals surface area contributed by atoms with E-state index >= 15 is 0 Å². The van der Waals surface area contributed by atoms with E-state index in [2.05, 4.69) is 10.4 Å². The van der Waals surface area contributed by atoms with E-state index in [-0.39, 0.29) is 6.04 Å². The highest BCUT2D eigenvalue weighted by atomic mass is 35.5. The number of rotatable bonds is 4. The summed E-state index contributed by atoms with van der Waals surface area (Å²) in [7, 11) is 0. The van der Waals surface area contributed by atoms with Crippen LogP contribution in [0.3, 0.4) is 0 Å². The maximum absolute atomic E-state index is 6.11. The van der Waals surface area contributed by atoms with Crippen LogP contribution >= 0.6 is 22.9 Å². The number of halogens is 1. The van der Waals surface area contributed by atoms with Gasteiger partial charge >= 0.3 is 0 Å². The Morgan fingerprint density at radius 2 is 2.25 bits per heavy atom. The van der Waals surface area contributed by atoms with Crippen molar-refractivity contribution in [2.24, 2.45) is 5.84 Å². The minimum Gasteiger partial charge on any atom is -0.271 e. The Balaban J connectivity index is 2.17. The van der Waals surface area contributed by atoms with E-state index in [1.807, 2.05) is 30.5 Å². The van der Waals surface area contributed by atoms with E-state index in [0.717, 1.165) is 21.9 Å². The minimum absolute atomic E-state index is 0.0624. The molecule has 3 N–H and O–H groups in total. The quantitative estimate of drug-likeness (QED) is 0.650. The summed E-state index contributed by atoms with van der Waals surface area (Å²) in [4.78, 5) is 5.16. The lowest BCUT2D eigenvalue weighted by atomic mass is 10.1. The van der Waals surface area contributed by atoms with E-state index in [9.17, 15) is 0 Å². The number of nitrogens with one attached hydrogen (secondary N) is 1. The summed E-state index contributed by atoms with van der Waals surface area (Å²) < 4.78 is 0. The largest absolute Gasteiger partial charge is 0.271 e. The van der Waals surface area contributed by atoms with Crippen molar-refractivity contribution < 1.29 is 0 Å². The molecule has 1 aromatic heterocycles. The lowest BCUT2D eigenvalue weighted by Crippen LogP contribution is -2.29. The van der Waals surface area contributed by atoms with Crippen molar-refractivity contribution in [1.82, 2.24) is 10.4 Å². The predicted octanol–water partition coefficient (Wildman–Crippen LogP) is 2.54. The Morgan fingerprint density at radius 3 is 2.88 bits per heavy atom. The zero-order valence-corrected chi connectivity index (χ0v) is 10.1. The maximum atomic E-state index is 6.11. The van der Waals surface area contributed by atoms with Crippen molar-refractivity contribution >= 4 is 22.9 Å². The average molecular weight is 254 g/mol. The van der Waals surface area contributed by atoms with Crippen LogP contribution in [0.15, 0.2) is 36.0 Å². The third-order valence-corrected chi connectivity index (χ3v) is 3.64. The Morgan fingerprint density at radius 1 is 1.44 bits per heavy atom. The van der Waals surface area contributed by atoms with Crippen LogP contribution in [0.1, 0.15) is 16.5 Å². The van der Waals surface area contributed by atoms with E-state index < -0.39 is 0 Å². The highest BCUT2D eigenvalue weighted by Gasteiger charge is 2.13. The van der Waals surface area contributed by atoms with Gasteiger partial charge in [0.1, 0.15) is 0 Å². The van der Waals surface area contributed by atoms with Crippen molar-refractivity contribution in [3.05, 3.63) is 51.4 Å². The molecule has 2 aromatic rings. The number of hydrogen-bond donors (Lipinski definition) is 2. The first-order valence-electron chi connectivity index (χ1n) is 4.89. The molecule has 0 aliphatic rings. The van der Waals surface area contributed by atoms with E-state index in [4.69, 9.17) is 17.4 Å². The summed E-state index contributed by atoms with van der Waals surface area (Å²) in [5.41, 5.74) is 5.67. The SMILES string of the molecule is NNC(Cc1ccccc1Cl)c1cncs1. The van der Waals surface area contributed by atoms with Gasteiger partial charge in [0.2, 0.25) is 0 Å². The molecule has 3 nitrogen and oxygen atoms in total. The Kier molecular flexibility index (Phi) is 3.90. The van der Waals surface area contributed by atoms with Crippen molar-refractivity contribution in [3.63, 3.8) is 0 Å². The number of hydrazine groups is 1. The summed E-state index contributed by atoms with van der Waals surface area (Å²) in [6.45, 7) is 0. The fourth-order valence-corrected chi connectivity index (χ4v) is 2.42. The van der Waals surface area contributed by atoms with Gasteiger partial charge in [0.25, 0.3) is 0 Å². The van der Waals surface area contributed by atoms with Crippen LogP contribution in [-0.2, 0) is 6.42 Å². The number of thiazole rings is 1. The van der Waals surface area contributed by atoms with Gasteiger partial charge in [0.05, 0.1) is 11.6 Å². The van der Waals surface area contributed by atoms with Crippen LogP contribution in [0.25, 0.3) is 0 Å². The summed E-state index contributed by atoms with van der Waals surface area (Å²) in [6.07, 6.45) is 2.59. The third kappa shape index (κ3) is 2.59. The molecule has 0 fully saturated rings. The van der Waals surface area contributed by atoms with Gasteiger partial charge in [-0.05, 0) is 18.1 Å². The van der Waals surface area contributed by atoms with Gasteiger partial charge in [-0.3, -0.25) is 16.3 Å². The Labute approximate surface area is 103 Å². The van der Waals surface area contributed by atoms with Crippen LogP contribution in [0.2, 0.25) is 5.02 Å². The molecule has 16 heavy (non-hydrogen) atoms. The smallest absolute Gasteiger partial charge is 0.0794 e. The fraction of sp³-hybridized carbons (Fsp3) is 0.182. The number of benzene rings is 1. The molecule has 0 radical (unpaired) electrons. The summed E-state index contributed by atoms with van der Waals surface area (Å²) in [5.74, 6) is 5.55. The number of aromatic nitrogens is 1. The molecule has 0 saturated heterocycles. The molecular formula is C11H12ClN3S. The van der Waals surface area contributed by atoms with Gasteiger partial charge in [-0.25, -0.2) is 0 Å². The maximum Gasteiger partial charge on any atom is 0.0794 e. The van der Waals surface area contributed by atoms with E-state index in [1.165, 1.54) is 0 Å². The van der Waals surface area contributed by atoms with Gasteiger partial charge in [0, 0.05) is 16.1 Å². The van der Waals surface area contributed by atoms with Crippen LogP contribution in [0, 0.1) is 0 Å². The molecule has 0 aliphatic heterocycles. The molecule has 1 aromatic carbocycles. The molecule has 0 bridgehead atoms. The first kappa shape index (κ1) is 11.5. The highest BCUT2D eigenvalue weighted by Crippen LogP contribution is 2.24. The first-order chi connectivity index (χ1) is 7.81. The molecule has 1 atom stereocenters. The van der Waals surface area contributed by atoms with Gasteiger partial charge in [-0.15, -0.1) is 11.3 Å². The molecule has 0 spiro atoms. The topological polar surface area (TPSA) is 50.9 Å². The zero-order chi connectivity index (χ0) is 11.4. The molecule has 5 heteroatoms. The highest BCUT2D eigenvalue weighted by molar-refractivity contribution is 7.09. The zero-order valence-electron chi connectivity index (χ0n) is 8.56. The average Bonchev–Trinajstić information content (AvgIpc) is 2.81. The summed E-state index contributed by atoms with van der Waals surface area (Å²) in [5, 5.41) is 0.771. The van der Waals surface area contributed by atoms with Crippen molar-refractivity contribution in [2.45, 2.75) is 12.5 Å². The van der Waals surface area contributed by atoms with Crippen LogP contribution in [0.4, 0.5) is 0 Å². The molecule has 1 unspecified atom stereocenters. The second-order valence-electron chi connectivity index (χ2n) is 3.42. The van der Waals surface area contributed by atoms with Gasteiger partial charge in [-0.2, -0.15) is 0 Å². The molecular weight excluding hydrogens is 242 g/mol. The molecule has 1 heterocycles. The van der Waals surface area contributed by atoms with Crippen molar-refractivity contribution in [1.29, 1.82) is 0 Å². The standard InChI is InChI=1S/C11H12ClN3S/c12-9-4-2-1-3-8(9)5-10(15-13)11-6-14-7-16-11/h1-4,6-7,10,15H,5,13H2. The van der Waals surface area contributed by atoms with E-state index in [0.29, 0.717) is 0 Å². The van der Waals surface area contributed by atoms with E-state index in [1.54, 1.807) is 16.8 Å². The Bertz CT molecular complexity index is 444. The van der Waals surface area contributed by atoms with Gasteiger partial charge < -0.3 is 0 Å². The summed E-state index contributed by atoms with van der Waals surface area (Å²) in [6, 6.07) is 7.85. The normalized spacial score (nSPS) is 12.6. The van der Waals surface area contributed by atoms with Crippen LogP contribution < -0.4 is 11.3 Å². The lowest BCUT2D eigenvalue weighted by molar-refractivity contribution is 0.560. The van der Waals surface area contributed by atoms with Gasteiger partial charge in [0.15, 0.2) is 0 Å². The molecule has 84 valence electrons. The second kappa shape index (κ2) is 5.41. The summed E-state index contributed by atoms with van der Waals surface area (Å²) >= 11 is 7.69. The molecule has 2 rings (SSSR count). The lowest BCUT2D eigenvalue weighted by Gasteiger charge is -2.14. The number of nitrogens with two attached hydrogens (primary N) is 1. The second-order valence-corrected chi connectivity index (χ2v) is 4.74.